The van der Waals surface area contributed by atoms with Crippen LogP contribution in [0.15, 0.2) is 22.0 Å². The molecule has 0 unspecified atom stereocenters. The van der Waals surface area contributed by atoms with Gasteiger partial charge in [-0.1, -0.05) is 0 Å². The second-order valence-corrected chi connectivity index (χ2v) is 5.80. The lowest BCUT2D eigenvalue weighted by Crippen LogP contribution is -2.04. The molecular weight excluding hydrogens is 346 g/mol. The Labute approximate surface area is 127 Å². The van der Waals surface area contributed by atoms with E-state index >= 15 is 0 Å². The fraction of sp³-hybridized carbons (Fsp3) is 0.231. The van der Waals surface area contributed by atoms with Crippen LogP contribution in [-0.2, 0) is 16.0 Å². The Morgan fingerprint density at radius 2 is 2.35 bits per heavy atom. The van der Waals surface area contributed by atoms with Crippen LogP contribution in [0.1, 0.15) is 5.69 Å². The van der Waals surface area contributed by atoms with Crippen LogP contribution in [0.5, 0.6) is 11.5 Å². The van der Waals surface area contributed by atoms with Gasteiger partial charge in [-0.2, -0.15) is 0 Å². The van der Waals surface area contributed by atoms with E-state index < -0.39 is 0 Å². The average molecular weight is 356 g/mol. The van der Waals surface area contributed by atoms with E-state index in [0.717, 1.165) is 15.0 Å². The highest BCUT2D eigenvalue weighted by atomic mass is 79.9. The van der Waals surface area contributed by atoms with Crippen LogP contribution in [0.4, 0.5) is 0 Å². The number of benzene rings is 1. The number of fused-ring (bicyclic) bond motifs is 1. The first-order valence-electron chi connectivity index (χ1n) is 5.78. The lowest BCUT2D eigenvalue weighted by atomic mass is 10.2. The van der Waals surface area contributed by atoms with Crippen molar-refractivity contribution in [3.05, 3.63) is 27.7 Å². The van der Waals surface area contributed by atoms with Gasteiger partial charge in [0.1, 0.15) is 5.01 Å². The van der Waals surface area contributed by atoms with Gasteiger partial charge in [-0.3, -0.25) is 4.79 Å². The second kappa shape index (κ2) is 5.41. The first kappa shape index (κ1) is 13.4. The number of aromatic nitrogens is 1. The number of carbonyl (C=O) groups is 1. The standard InChI is InChI=1S/C13H10BrNO4S/c1-17-11(16)4-8-5-20-13(15-8)7-2-9(14)12-10(3-7)18-6-19-12/h2-3,5H,4,6H2,1H3. The van der Waals surface area contributed by atoms with Gasteiger partial charge >= 0.3 is 5.97 Å². The van der Waals surface area contributed by atoms with Crippen LogP contribution >= 0.6 is 27.3 Å². The number of carbonyl (C=O) groups excluding carboxylic acids is 1. The van der Waals surface area contributed by atoms with Gasteiger partial charge in [-0.15, -0.1) is 11.3 Å². The number of hydrogen-bond donors (Lipinski definition) is 0. The molecule has 104 valence electrons. The summed E-state index contributed by atoms with van der Waals surface area (Å²) in [5.74, 6) is 1.10. The molecule has 2 aromatic rings. The molecule has 2 heterocycles. The topological polar surface area (TPSA) is 57.7 Å². The number of ether oxygens (including phenoxy) is 3. The summed E-state index contributed by atoms with van der Waals surface area (Å²) >= 11 is 4.92. The summed E-state index contributed by atoms with van der Waals surface area (Å²) in [4.78, 5) is 15.7. The van der Waals surface area contributed by atoms with E-state index in [-0.39, 0.29) is 19.2 Å². The van der Waals surface area contributed by atoms with Crippen LogP contribution in [0, 0.1) is 0 Å². The fourth-order valence-electron chi connectivity index (χ4n) is 1.83. The molecule has 20 heavy (non-hydrogen) atoms. The van der Waals surface area contributed by atoms with E-state index in [1.54, 1.807) is 0 Å². The zero-order chi connectivity index (χ0) is 14.1. The third kappa shape index (κ3) is 2.51. The molecular formula is C13H10BrNO4S. The lowest BCUT2D eigenvalue weighted by molar-refractivity contribution is -0.139. The number of halogens is 1. The van der Waals surface area contributed by atoms with Gasteiger partial charge in [0, 0.05) is 10.9 Å². The summed E-state index contributed by atoms with van der Waals surface area (Å²) < 4.78 is 16.2. The normalized spacial score (nSPS) is 12.5. The minimum absolute atomic E-state index is 0.179. The van der Waals surface area contributed by atoms with E-state index in [4.69, 9.17) is 9.47 Å². The second-order valence-electron chi connectivity index (χ2n) is 4.09. The van der Waals surface area contributed by atoms with Gasteiger partial charge < -0.3 is 14.2 Å². The molecule has 0 N–H and O–H groups in total. The van der Waals surface area contributed by atoms with Gasteiger partial charge in [-0.05, 0) is 28.1 Å². The Kier molecular flexibility index (Phi) is 3.62. The van der Waals surface area contributed by atoms with Gasteiger partial charge in [-0.25, -0.2) is 4.98 Å². The van der Waals surface area contributed by atoms with Crippen LogP contribution < -0.4 is 9.47 Å². The Hall–Kier alpha value is -1.60. The summed E-state index contributed by atoms with van der Waals surface area (Å²) in [5, 5.41) is 2.67. The van der Waals surface area contributed by atoms with E-state index in [1.165, 1.54) is 18.4 Å². The minimum Gasteiger partial charge on any atom is -0.469 e. The molecule has 1 aliphatic rings. The number of esters is 1. The molecule has 3 rings (SSSR count). The van der Waals surface area contributed by atoms with Crippen molar-refractivity contribution in [1.29, 1.82) is 0 Å². The van der Waals surface area contributed by atoms with E-state index in [1.807, 2.05) is 17.5 Å². The Bertz CT molecular complexity index is 670. The minimum atomic E-state index is -0.297. The van der Waals surface area contributed by atoms with Crippen molar-refractivity contribution in [2.75, 3.05) is 13.9 Å². The van der Waals surface area contributed by atoms with E-state index in [0.29, 0.717) is 17.2 Å². The largest absolute Gasteiger partial charge is 0.469 e. The maximum Gasteiger partial charge on any atom is 0.311 e. The fourth-order valence-corrected chi connectivity index (χ4v) is 3.20. The quantitative estimate of drug-likeness (QED) is 0.792. The first-order valence-corrected chi connectivity index (χ1v) is 7.45. The Morgan fingerprint density at radius 3 is 3.15 bits per heavy atom. The monoisotopic (exact) mass is 355 g/mol. The first-order chi connectivity index (χ1) is 9.67. The maximum absolute atomic E-state index is 11.2. The predicted octanol–water partition coefficient (Wildman–Crippen LogP) is 3.02. The van der Waals surface area contributed by atoms with Gasteiger partial charge in [0.05, 0.1) is 23.7 Å². The van der Waals surface area contributed by atoms with Crippen LogP contribution in [0.25, 0.3) is 10.6 Å². The zero-order valence-corrected chi connectivity index (χ0v) is 12.9. The summed E-state index contributed by atoms with van der Waals surface area (Å²) in [7, 11) is 1.37. The molecule has 0 aliphatic carbocycles. The van der Waals surface area contributed by atoms with Crippen molar-refractivity contribution in [2.24, 2.45) is 0 Å². The molecule has 1 aliphatic heterocycles. The molecule has 0 fully saturated rings. The van der Waals surface area contributed by atoms with Gasteiger partial charge in [0.25, 0.3) is 0 Å². The number of rotatable bonds is 3. The smallest absolute Gasteiger partial charge is 0.311 e. The molecule has 0 bridgehead atoms. The van der Waals surface area contributed by atoms with E-state index in [9.17, 15) is 4.79 Å². The van der Waals surface area contributed by atoms with Crippen molar-refractivity contribution >= 4 is 33.2 Å². The number of nitrogens with zero attached hydrogens (tertiary/aromatic N) is 1. The number of hydrogen-bond acceptors (Lipinski definition) is 6. The molecule has 0 radical (unpaired) electrons. The summed E-state index contributed by atoms with van der Waals surface area (Å²) in [6.07, 6.45) is 0.179. The molecule has 0 atom stereocenters. The van der Waals surface area contributed by atoms with Gasteiger partial charge in [0.2, 0.25) is 6.79 Å². The maximum atomic E-state index is 11.2. The highest BCUT2D eigenvalue weighted by molar-refractivity contribution is 9.10. The summed E-state index contributed by atoms with van der Waals surface area (Å²) in [6, 6.07) is 3.81. The molecule has 5 nitrogen and oxygen atoms in total. The number of methoxy groups -OCH3 is 1. The Morgan fingerprint density at radius 1 is 1.50 bits per heavy atom. The molecule has 0 spiro atoms. The van der Waals surface area contributed by atoms with Gasteiger partial charge in [0.15, 0.2) is 11.5 Å². The Balaban J connectivity index is 1.90. The van der Waals surface area contributed by atoms with Crippen molar-refractivity contribution < 1.29 is 19.0 Å². The molecule has 0 saturated carbocycles. The molecule has 0 saturated heterocycles. The van der Waals surface area contributed by atoms with Crippen LogP contribution in [-0.4, -0.2) is 24.9 Å². The highest BCUT2D eigenvalue weighted by Crippen LogP contribution is 2.42. The molecule has 7 heteroatoms. The van der Waals surface area contributed by atoms with Crippen molar-refractivity contribution in [3.63, 3.8) is 0 Å². The molecule has 1 aromatic carbocycles. The van der Waals surface area contributed by atoms with Crippen molar-refractivity contribution in [1.82, 2.24) is 4.98 Å². The SMILES string of the molecule is COC(=O)Cc1csc(-c2cc(Br)c3c(c2)OCO3)n1. The van der Waals surface area contributed by atoms with Crippen LogP contribution in [0.3, 0.4) is 0 Å². The predicted molar refractivity (Wildman–Crippen MR) is 77.1 cm³/mol. The summed E-state index contributed by atoms with van der Waals surface area (Å²) in [6.45, 7) is 0.225. The van der Waals surface area contributed by atoms with Crippen LogP contribution in [0.2, 0.25) is 0 Å². The van der Waals surface area contributed by atoms with Crippen molar-refractivity contribution in [2.45, 2.75) is 6.42 Å². The summed E-state index contributed by atoms with van der Waals surface area (Å²) in [5.41, 5.74) is 1.62. The average Bonchev–Trinajstić information content (AvgIpc) is 3.07. The van der Waals surface area contributed by atoms with E-state index in [2.05, 4.69) is 25.7 Å². The third-order valence-electron chi connectivity index (χ3n) is 2.78. The highest BCUT2D eigenvalue weighted by Gasteiger charge is 2.19. The molecule has 1 aromatic heterocycles. The van der Waals surface area contributed by atoms with Crippen molar-refractivity contribution in [3.8, 4) is 22.1 Å². The third-order valence-corrected chi connectivity index (χ3v) is 4.31. The zero-order valence-electron chi connectivity index (χ0n) is 10.5. The number of thiazole rings is 1. The lowest BCUT2D eigenvalue weighted by Gasteiger charge is -2.02. The molecule has 0 amide bonds.